The Bertz CT molecular complexity index is 7880. The average Bonchev–Trinajstić information content (AvgIpc) is 1.19. The molecule has 0 aliphatic heterocycles. The quantitative estimate of drug-likeness (QED) is 0.00492. The summed E-state index contributed by atoms with van der Waals surface area (Å²) in [6.45, 7) is 4.95. The monoisotopic (exact) mass is 2360 g/mol. The summed E-state index contributed by atoms with van der Waals surface area (Å²) in [5.74, 6) is -15.1. The molecule has 0 fully saturated rings. The van der Waals surface area contributed by atoms with Crippen LogP contribution in [0.3, 0.4) is 0 Å². The third-order valence-electron chi connectivity index (χ3n) is 17.6. The van der Waals surface area contributed by atoms with Crippen molar-refractivity contribution in [2.45, 2.75) is 35.5 Å². The fraction of sp³-hybridized carbons (Fsp3) is 0.0562. The molecular formula is C89H65BBr2Cl4F10N6O24S8. The number of phenols is 3. The highest BCUT2D eigenvalue weighted by atomic mass is 79.9. The Balaban J connectivity index is 0.000000233. The van der Waals surface area contributed by atoms with Gasteiger partial charge in [0.15, 0.2) is 17.2 Å². The van der Waals surface area contributed by atoms with Crippen LogP contribution in [-0.2, 0) is 44.2 Å². The van der Waals surface area contributed by atoms with Crippen molar-refractivity contribution < 1.29 is 151 Å². The number of ether oxygens (including phenoxy) is 1. The smallest absolute Gasteiger partial charge is 0.499 e. The number of sulfonamides is 2. The number of anilines is 4. The Kier molecular flexibility index (Phi) is 43.0. The van der Waals surface area contributed by atoms with E-state index in [2.05, 4.69) is 31.9 Å². The Morgan fingerprint density at radius 2 is 0.764 bits per heavy atom. The molecule has 0 aliphatic rings. The number of carboxylic acid groups (broad SMARTS) is 2. The zero-order valence-electron chi connectivity index (χ0n) is 72.3. The molecule has 0 unspecified atom stereocenters. The van der Waals surface area contributed by atoms with Crippen molar-refractivity contribution in [3.63, 3.8) is 0 Å². The molecule has 16 aromatic rings. The summed E-state index contributed by atoms with van der Waals surface area (Å²) in [6, 6.07) is 52.6. The van der Waals surface area contributed by atoms with Gasteiger partial charge in [-0.3, -0.25) is 28.7 Å². The standard InChI is InChI=1S/C23H16ClF2NO5S2.C21H12ClF2NO5S2.C14H9F2NS.C8H7BO2S.C7H4Cl2O5S.C6H2BrF2NO2.C6H4BrF2N.C2H3N.C2H6O.H2O4S/c1-2-32-23(29)13-7-15(24)22(28)21(9-13)34(30,31)27-18-10-14(16(25)11-17(18)26)20-8-12-5-3-4-6-19(12)33-20;22-13-5-11(21(27)28)7-19(20(13)26)32(29,30)25-16-8-12(14(23)9-15(16)24)18-6-10-3-1-2-4-17(10)31-18;15-10-7-11(16)12(17)6-9(10)14-5-8-3-1-2-4-13(8)18-14;10-9(11)8-5-6-3-1-2-4-7(6)12-8;8-4-1-3(7(11)12)2-5(6(4)10)15(9,13)14;7-3-1-6(10(11)12)5(9)2-4(3)8;7-3-1-6(10)5(9)2-4(3)8;2*1-2-3;1-5(2,3)4/h3-11,27-28H,2H2,1H3;1-9,25-26H,(H,27,28);1-7H,17H2;1-5,10-11H;1-2,10H,(H,11,12);1-2H;1-2H,10H2;1H3;3H,2H2,1H3;(H2,1,2,3,4). The number of hydrogen-bond acceptors (Lipinski definition) is 27. The Morgan fingerprint density at radius 3 is 1.10 bits per heavy atom. The van der Waals surface area contributed by atoms with Crippen LogP contribution in [0.15, 0.2) is 242 Å². The number of hydrogen-bond donors (Lipinski definition) is 14. The molecule has 0 atom stereocenters. The topological polar surface area (TPSA) is 542 Å². The second kappa shape index (κ2) is 52.3. The Morgan fingerprint density at radius 1 is 0.465 bits per heavy atom. The number of carbonyl (C=O) groups excluding carboxylic acids is 1. The number of thiophene rings is 4. The first kappa shape index (κ1) is 118. The minimum atomic E-state index is -4.69. The number of esters is 1. The number of fused-ring (bicyclic) bond motifs is 4. The van der Waals surface area contributed by atoms with Crippen molar-refractivity contribution in [1.29, 1.82) is 5.26 Å². The van der Waals surface area contributed by atoms with E-state index < -0.39 is 197 Å². The minimum Gasteiger partial charge on any atom is -0.505 e. The molecule has 0 radical (unpaired) electrons. The first-order valence-electron chi connectivity index (χ1n) is 38.8. The van der Waals surface area contributed by atoms with E-state index in [1.807, 2.05) is 113 Å². The predicted molar refractivity (Wildman–Crippen MR) is 539 cm³/mol. The van der Waals surface area contributed by atoms with Gasteiger partial charge in [0.25, 0.3) is 29.1 Å². The fourth-order valence-electron chi connectivity index (χ4n) is 11.3. The van der Waals surface area contributed by atoms with Crippen LogP contribution in [0.5, 0.6) is 17.2 Å². The van der Waals surface area contributed by atoms with Crippen molar-refractivity contribution >= 4 is 261 Å². The van der Waals surface area contributed by atoms with Crippen LogP contribution in [0.2, 0.25) is 15.1 Å². The number of nitrogen functional groups attached to an aromatic ring is 2. The number of benzene rings is 12. The van der Waals surface area contributed by atoms with Gasteiger partial charge in [-0.15, -0.1) is 45.3 Å². The largest absolute Gasteiger partial charge is 0.505 e. The van der Waals surface area contributed by atoms with Gasteiger partial charge in [0.2, 0.25) is 5.82 Å². The molecule has 12 aromatic carbocycles. The molecule has 0 amide bonds. The summed E-state index contributed by atoms with van der Waals surface area (Å²) in [6.07, 6.45) is 0. The molecule has 4 heterocycles. The molecule has 0 saturated heterocycles. The maximum absolute atomic E-state index is 14.6. The van der Waals surface area contributed by atoms with E-state index in [-0.39, 0.29) is 55.8 Å². The summed E-state index contributed by atoms with van der Waals surface area (Å²) < 4.78 is 253. The number of aliphatic hydroxyl groups excluding tert-OH is 1. The number of phenolic OH excluding ortho intramolecular Hbond substituents is 3. The number of rotatable bonds is 16. The van der Waals surface area contributed by atoms with Crippen molar-refractivity contribution in [3.05, 3.63) is 327 Å². The van der Waals surface area contributed by atoms with Gasteiger partial charge < -0.3 is 56.9 Å². The van der Waals surface area contributed by atoms with Gasteiger partial charge in [0.05, 0.1) is 81.1 Å². The summed E-state index contributed by atoms with van der Waals surface area (Å²) in [5.41, 5.74) is 7.81. The Labute approximate surface area is 861 Å². The van der Waals surface area contributed by atoms with E-state index in [0.717, 1.165) is 106 Å². The second-order valence-corrected chi connectivity index (χ2v) is 41.7. The lowest BCUT2D eigenvalue weighted by Crippen LogP contribution is -2.26. The third kappa shape index (κ3) is 33.0. The van der Waals surface area contributed by atoms with Crippen molar-refractivity contribution in [1.82, 2.24) is 0 Å². The van der Waals surface area contributed by atoms with Gasteiger partial charge >= 0.3 is 41.1 Å². The van der Waals surface area contributed by atoms with Crippen LogP contribution in [0.1, 0.15) is 51.8 Å². The van der Waals surface area contributed by atoms with Crippen LogP contribution in [0.4, 0.5) is 72.3 Å². The fourth-order valence-corrected chi connectivity index (χ4v) is 20.4. The van der Waals surface area contributed by atoms with Crippen molar-refractivity contribution in [3.8, 4) is 54.6 Å². The highest BCUT2D eigenvalue weighted by Crippen LogP contribution is 2.44. The van der Waals surface area contributed by atoms with Gasteiger partial charge in [0.1, 0.15) is 67.0 Å². The molecular weight excluding hydrogens is 2300 g/mol. The lowest BCUT2D eigenvalue weighted by Gasteiger charge is -2.14. The number of carbonyl (C=O) groups is 3. The number of carboxylic acids is 2. The normalized spacial score (nSPS) is 10.8. The van der Waals surface area contributed by atoms with E-state index in [1.54, 1.807) is 38.1 Å². The number of aliphatic hydroxyl groups is 1. The van der Waals surface area contributed by atoms with Gasteiger partial charge in [-0.05, 0) is 176 Å². The lowest BCUT2D eigenvalue weighted by atomic mass is 9.89. The molecule has 30 nitrogen and oxygen atoms in total. The maximum Gasteiger partial charge on any atom is 0.499 e. The molecule has 144 heavy (non-hydrogen) atoms. The summed E-state index contributed by atoms with van der Waals surface area (Å²) in [4.78, 5) is 42.3. The number of nitro groups is 1. The third-order valence-corrected chi connectivity index (χ3v) is 28.4. The lowest BCUT2D eigenvalue weighted by molar-refractivity contribution is -0.387. The zero-order chi connectivity index (χ0) is 108. The molecule has 0 aliphatic carbocycles. The van der Waals surface area contributed by atoms with Gasteiger partial charge in [0, 0.05) is 116 Å². The SMILES string of the molecule is CC#N.CCO.CCOC(=O)c1cc(Cl)c(O)c(S(=O)(=O)Nc2cc(-c3cc4ccccc4s3)c(F)cc2F)c1.Nc1cc(-c2cc3ccccc3s2)c(F)cc1F.Nc1cc(Br)c(F)cc1F.O=C(O)c1cc(Cl)c(O)c(S(=O)(=O)Cl)c1.O=C(O)c1cc(Cl)c(O)c(S(=O)(=O)Nc2cc(-c3cc4ccccc4s3)c(F)cc2F)c1.O=S(=O)(O)O.O=[N+]([O-])c1cc(Br)c(F)cc1F.OB(O)c1cc2ccccc2s1. The summed E-state index contributed by atoms with van der Waals surface area (Å²) in [5, 5.41) is 92.5. The van der Waals surface area contributed by atoms with Crippen LogP contribution in [-0.4, -0.2) is 127 Å². The molecule has 0 spiro atoms. The zero-order valence-corrected chi connectivity index (χ0v) is 85.1. The van der Waals surface area contributed by atoms with E-state index in [4.69, 9.17) is 110 Å². The number of nitrogens with one attached hydrogen (secondary N) is 2. The summed E-state index contributed by atoms with van der Waals surface area (Å²) >= 11 is 28.0. The highest BCUT2D eigenvalue weighted by molar-refractivity contribution is 9.10. The minimum absolute atomic E-state index is 0.0113. The number of aromatic carboxylic acids is 2. The van der Waals surface area contributed by atoms with Crippen LogP contribution >= 0.6 is 123 Å². The van der Waals surface area contributed by atoms with E-state index in [1.165, 1.54) is 64.4 Å². The Hall–Kier alpha value is -12.5. The number of aromatic hydroxyl groups is 3. The van der Waals surface area contributed by atoms with Crippen molar-refractivity contribution in [2.24, 2.45) is 0 Å². The van der Waals surface area contributed by atoms with Crippen molar-refractivity contribution in [2.75, 3.05) is 34.1 Å². The molecule has 55 heteroatoms. The number of halogens is 16. The van der Waals surface area contributed by atoms with E-state index in [0.29, 0.717) is 44.4 Å². The van der Waals surface area contributed by atoms with E-state index >= 15 is 0 Å². The number of nitrogens with two attached hydrogens (primary N) is 2. The molecule has 16 rings (SSSR count). The first-order chi connectivity index (χ1) is 67.3. The van der Waals surface area contributed by atoms with Crippen LogP contribution in [0, 0.1) is 79.6 Å². The molecule has 4 aromatic heterocycles. The molecule has 758 valence electrons. The van der Waals surface area contributed by atoms with Crippen LogP contribution in [0.25, 0.3) is 71.7 Å². The highest BCUT2D eigenvalue weighted by Gasteiger charge is 2.30. The van der Waals surface area contributed by atoms with Gasteiger partial charge in [-0.2, -0.15) is 18.1 Å². The molecule has 0 bridgehead atoms. The second-order valence-electron chi connectivity index (χ2n) is 27.6. The number of nitrogens with zero attached hydrogens (tertiary/aromatic N) is 2. The van der Waals surface area contributed by atoms with Gasteiger partial charge in [-0.25, -0.2) is 79.2 Å². The van der Waals surface area contributed by atoms with Crippen LogP contribution < -0.4 is 25.7 Å². The average molecular weight is 2360 g/mol. The summed E-state index contributed by atoms with van der Waals surface area (Å²) in [7, 11) is -14.6. The van der Waals surface area contributed by atoms with Gasteiger partial charge in [-0.1, -0.05) is 108 Å². The number of nitriles is 1. The van der Waals surface area contributed by atoms with E-state index in [9.17, 15) is 109 Å². The molecule has 0 saturated carbocycles. The predicted octanol–water partition coefficient (Wildman–Crippen LogP) is 23.4. The number of nitro benzene ring substituents is 1. The first-order valence-corrected chi connectivity index (χ1v) is 51.5. The molecule has 16 N–H and O–H groups in total. The maximum atomic E-state index is 14.6.